The third-order valence-corrected chi connectivity index (χ3v) is 5.44. The largest absolute Gasteiger partial charge is 0.494 e. The van der Waals surface area contributed by atoms with E-state index in [1.54, 1.807) is 0 Å². The lowest BCUT2D eigenvalue weighted by Gasteiger charge is -2.25. The summed E-state index contributed by atoms with van der Waals surface area (Å²) in [6.45, 7) is 2.78. The SMILES string of the molecule is CCCOc1ccc(-c2nnc(SCC(=O)O)n2C2CCCCC2)cc1. The molecule has 0 atom stereocenters. The number of carbonyl (C=O) groups is 1. The molecule has 1 aromatic heterocycles. The molecule has 1 saturated carbocycles. The van der Waals surface area contributed by atoms with E-state index in [0.29, 0.717) is 17.8 Å². The molecule has 0 unspecified atom stereocenters. The minimum Gasteiger partial charge on any atom is -0.494 e. The molecule has 7 heteroatoms. The van der Waals surface area contributed by atoms with Gasteiger partial charge in [0.15, 0.2) is 11.0 Å². The molecule has 140 valence electrons. The van der Waals surface area contributed by atoms with Gasteiger partial charge in [0.25, 0.3) is 0 Å². The first-order valence-corrected chi connectivity index (χ1v) is 10.2. The van der Waals surface area contributed by atoms with Crippen LogP contribution in [0.3, 0.4) is 0 Å². The third-order valence-electron chi connectivity index (χ3n) is 4.51. The lowest BCUT2D eigenvalue weighted by atomic mass is 9.95. The average molecular weight is 375 g/mol. The number of aliphatic carboxylic acids is 1. The second kappa shape index (κ2) is 9.07. The van der Waals surface area contributed by atoms with Gasteiger partial charge in [-0.25, -0.2) is 0 Å². The first-order valence-electron chi connectivity index (χ1n) is 9.21. The molecule has 3 rings (SSSR count). The van der Waals surface area contributed by atoms with Gasteiger partial charge in [-0.05, 0) is 43.5 Å². The van der Waals surface area contributed by atoms with Crippen LogP contribution in [0.15, 0.2) is 29.4 Å². The fourth-order valence-corrected chi connectivity index (χ4v) is 4.01. The van der Waals surface area contributed by atoms with E-state index >= 15 is 0 Å². The molecular formula is C19H25N3O3S. The Kier molecular flexibility index (Phi) is 6.55. The highest BCUT2D eigenvalue weighted by atomic mass is 32.2. The molecule has 0 bridgehead atoms. The first kappa shape index (κ1) is 18.8. The van der Waals surface area contributed by atoms with Crippen LogP contribution in [-0.2, 0) is 4.79 Å². The second-order valence-corrected chi connectivity index (χ2v) is 7.47. The number of carboxylic acids is 1. The van der Waals surface area contributed by atoms with Crippen molar-refractivity contribution in [1.82, 2.24) is 14.8 Å². The van der Waals surface area contributed by atoms with Gasteiger partial charge in [-0.3, -0.25) is 9.36 Å². The van der Waals surface area contributed by atoms with Gasteiger partial charge in [-0.15, -0.1) is 10.2 Å². The van der Waals surface area contributed by atoms with Gasteiger partial charge < -0.3 is 9.84 Å². The quantitative estimate of drug-likeness (QED) is 0.689. The molecular weight excluding hydrogens is 350 g/mol. The van der Waals surface area contributed by atoms with Gasteiger partial charge in [0.05, 0.1) is 12.4 Å². The molecule has 6 nitrogen and oxygen atoms in total. The zero-order chi connectivity index (χ0) is 18.4. The van der Waals surface area contributed by atoms with E-state index in [1.165, 1.54) is 31.0 Å². The predicted molar refractivity (Wildman–Crippen MR) is 102 cm³/mol. The lowest BCUT2D eigenvalue weighted by molar-refractivity contribution is -0.133. The van der Waals surface area contributed by atoms with Gasteiger partial charge >= 0.3 is 5.97 Å². The van der Waals surface area contributed by atoms with Crippen molar-refractivity contribution in [2.45, 2.75) is 56.6 Å². The maximum absolute atomic E-state index is 11.0. The molecule has 0 amide bonds. The van der Waals surface area contributed by atoms with E-state index in [4.69, 9.17) is 9.84 Å². The molecule has 0 aliphatic heterocycles. The summed E-state index contributed by atoms with van der Waals surface area (Å²) in [5, 5.41) is 18.4. The molecule has 1 aliphatic carbocycles. The Morgan fingerprint density at radius 2 is 1.96 bits per heavy atom. The van der Waals surface area contributed by atoms with Gasteiger partial charge in [-0.2, -0.15) is 0 Å². The van der Waals surface area contributed by atoms with E-state index in [0.717, 1.165) is 36.4 Å². The summed E-state index contributed by atoms with van der Waals surface area (Å²) >= 11 is 1.24. The maximum atomic E-state index is 11.0. The van der Waals surface area contributed by atoms with Gasteiger partial charge in [0.1, 0.15) is 5.75 Å². The molecule has 0 radical (unpaired) electrons. The molecule has 0 saturated heterocycles. The van der Waals surface area contributed by atoms with E-state index in [2.05, 4.69) is 21.7 Å². The highest BCUT2D eigenvalue weighted by Gasteiger charge is 2.24. The molecule has 1 fully saturated rings. The minimum absolute atomic E-state index is 0.00531. The van der Waals surface area contributed by atoms with Crippen LogP contribution in [0, 0.1) is 0 Å². The molecule has 2 aromatic rings. The maximum Gasteiger partial charge on any atom is 0.313 e. The summed E-state index contributed by atoms with van der Waals surface area (Å²) in [6.07, 6.45) is 6.79. The average Bonchev–Trinajstić information content (AvgIpc) is 3.09. The van der Waals surface area contributed by atoms with Crippen LogP contribution in [0.2, 0.25) is 0 Å². The summed E-state index contributed by atoms with van der Waals surface area (Å²) < 4.78 is 7.80. The molecule has 1 N–H and O–H groups in total. The highest BCUT2D eigenvalue weighted by Crippen LogP contribution is 2.35. The fraction of sp³-hybridized carbons (Fsp3) is 0.526. The van der Waals surface area contributed by atoms with E-state index < -0.39 is 5.97 Å². The van der Waals surface area contributed by atoms with Gasteiger partial charge in [0.2, 0.25) is 0 Å². The topological polar surface area (TPSA) is 77.2 Å². The number of carboxylic acid groups (broad SMARTS) is 1. The second-order valence-electron chi connectivity index (χ2n) is 6.52. The molecule has 0 spiro atoms. The monoisotopic (exact) mass is 375 g/mol. The number of hydrogen-bond donors (Lipinski definition) is 1. The Bertz CT molecular complexity index is 724. The normalized spacial score (nSPS) is 15.1. The number of rotatable bonds is 8. The summed E-state index contributed by atoms with van der Waals surface area (Å²) in [5.41, 5.74) is 0.981. The van der Waals surface area contributed by atoms with Crippen LogP contribution in [0.1, 0.15) is 51.5 Å². The first-order chi connectivity index (χ1) is 12.7. The lowest BCUT2D eigenvalue weighted by Crippen LogP contribution is -2.15. The number of thioether (sulfide) groups is 1. The van der Waals surface area contributed by atoms with Gasteiger partial charge in [-0.1, -0.05) is 37.9 Å². The summed E-state index contributed by atoms with van der Waals surface area (Å²) in [6, 6.07) is 8.24. The fourth-order valence-electron chi connectivity index (χ4n) is 3.29. The third kappa shape index (κ3) is 4.58. The standard InChI is InChI=1S/C19H25N3O3S/c1-2-12-25-16-10-8-14(9-11-16)18-20-21-19(26-13-17(23)24)22(18)15-6-4-3-5-7-15/h8-11,15H,2-7,12-13H2,1H3,(H,23,24). The molecule has 1 aliphatic rings. The molecule has 1 heterocycles. The van der Waals surface area contributed by atoms with Crippen molar-refractivity contribution in [3.63, 3.8) is 0 Å². The van der Waals surface area contributed by atoms with Gasteiger partial charge in [0, 0.05) is 11.6 Å². The van der Waals surface area contributed by atoms with Crippen LogP contribution >= 0.6 is 11.8 Å². The number of ether oxygens (including phenoxy) is 1. The number of aromatic nitrogens is 3. The number of hydrogen-bond acceptors (Lipinski definition) is 5. The van der Waals surface area contributed by atoms with Crippen LogP contribution in [0.5, 0.6) is 5.75 Å². The van der Waals surface area contributed by atoms with Crippen LogP contribution < -0.4 is 4.74 Å². The van der Waals surface area contributed by atoms with Crippen molar-refractivity contribution in [1.29, 1.82) is 0 Å². The van der Waals surface area contributed by atoms with Crippen LogP contribution in [0.25, 0.3) is 11.4 Å². The van der Waals surface area contributed by atoms with E-state index in [1.807, 2.05) is 24.3 Å². The van der Waals surface area contributed by atoms with E-state index in [9.17, 15) is 4.79 Å². The highest BCUT2D eigenvalue weighted by molar-refractivity contribution is 7.99. The number of nitrogens with zero attached hydrogens (tertiary/aromatic N) is 3. The molecule has 1 aromatic carbocycles. The Morgan fingerprint density at radius 3 is 2.62 bits per heavy atom. The zero-order valence-corrected chi connectivity index (χ0v) is 15.9. The summed E-state index contributed by atoms with van der Waals surface area (Å²) in [7, 11) is 0. The van der Waals surface area contributed by atoms with Crippen molar-refractivity contribution in [2.75, 3.05) is 12.4 Å². The Balaban J connectivity index is 1.88. The summed E-state index contributed by atoms with van der Waals surface area (Å²) in [4.78, 5) is 11.0. The minimum atomic E-state index is -0.841. The number of benzene rings is 1. The van der Waals surface area contributed by atoms with Crippen molar-refractivity contribution in [3.8, 4) is 17.1 Å². The molecule has 26 heavy (non-hydrogen) atoms. The van der Waals surface area contributed by atoms with Crippen molar-refractivity contribution in [2.24, 2.45) is 0 Å². The van der Waals surface area contributed by atoms with E-state index in [-0.39, 0.29) is 5.75 Å². The Morgan fingerprint density at radius 1 is 1.23 bits per heavy atom. The smallest absolute Gasteiger partial charge is 0.313 e. The zero-order valence-electron chi connectivity index (χ0n) is 15.1. The van der Waals surface area contributed by atoms with Crippen molar-refractivity contribution >= 4 is 17.7 Å². The van der Waals surface area contributed by atoms with Crippen LogP contribution in [0.4, 0.5) is 0 Å². The Hall–Kier alpha value is -2.02. The van der Waals surface area contributed by atoms with Crippen molar-refractivity contribution in [3.05, 3.63) is 24.3 Å². The summed E-state index contributed by atoms with van der Waals surface area (Å²) in [5.74, 6) is 0.813. The van der Waals surface area contributed by atoms with Crippen LogP contribution in [-0.4, -0.2) is 38.2 Å². The predicted octanol–water partition coefficient (Wildman–Crippen LogP) is 4.42. The van der Waals surface area contributed by atoms with Crippen molar-refractivity contribution < 1.29 is 14.6 Å². The Labute approximate surface area is 158 Å².